The summed E-state index contributed by atoms with van der Waals surface area (Å²) >= 11 is 5.46. The molecule has 1 aliphatic rings. The average molecular weight is 203 g/mol. The van der Waals surface area contributed by atoms with E-state index in [2.05, 4.69) is 15.0 Å². The number of azo groups is 1. The quantitative estimate of drug-likeness (QED) is 0.384. The SMILES string of the molecule is CCOC(=O)C1C=C(Cl)N=NC1=O. The smallest absolute Gasteiger partial charge is 0.322 e. The third-order valence-corrected chi connectivity index (χ3v) is 1.56. The van der Waals surface area contributed by atoms with E-state index in [1.807, 2.05) is 0 Å². The molecule has 0 bridgehead atoms. The first-order chi connectivity index (χ1) is 6.15. The Hall–Kier alpha value is -1.23. The largest absolute Gasteiger partial charge is 0.465 e. The summed E-state index contributed by atoms with van der Waals surface area (Å²) in [5.41, 5.74) is 0. The molecule has 0 aliphatic carbocycles. The van der Waals surface area contributed by atoms with Gasteiger partial charge < -0.3 is 4.74 Å². The maximum absolute atomic E-state index is 11.1. The monoisotopic (exact) mass is 202 g/mol. The molecule has 1 heterocycles. The van der Waals surface area contributed by atoms with E-state index in [9.17, 15) is 9.59 Å². The minimum Gasteiger partial charge on any atom is -0.465 e. The molecule has 0 saturated heterocycles. The number of esters is 1. The summed E-state index contributed by atoms with van der Waals surface area (Å²) in [6, 6.07) is 0. The predicted octanol–water partition coefficient (Wildman–Crippen LogP) is 1.24. The highest BCUT2D eigenvalue weighted by Gasteiger charge is 2.28. The summed E-state index contributed by atoms with van der Waals surface area (Å²) in [5.74, 6) is -2.34. The van der Waals surface area contributed by atoms with Gasteiger partial charge in [-0.3, -0.25) is 9.59 Å². The Balaban J connectivity index is 2.74. The van der Waals surface area contributed by atoms with Crippen molar-refractivity contribution < 1.29 is 14.3 Å². The Bertz CT molecular complexity index is 298. The second-order valence-electron chi connectivity index (χ2n) is 2.26. The number of rotatable bonds is 2. The lowest BCUT2D eigenvalue weighted by atomic mass is 10.1. The van der Waals surface area contributed by atoms with Gasteiger partial charge in [-0.25, -0.2) is 0 Å². The Labute approximate surface area is 79.4 Å². The van der Waals surface area contributed by atoms with Gasteiger partial charge in [0.25, 0.3) is 5.91 Å². The fourth-order valence-electron chi connectivity index (χ4n) is 0.802. The molecule has 1 amide bonds. The summed E-state index contributed by atoms with van der Waals surface area (Å²) in [6.07, 6.45) is 1.22. The number of amides is 1. The molecule has 1 unspecified atom stereocenters. The van der Waals surface area contributed by atoms with Crippen LogP contribution in [-0.2, 0) is 14.3 Å². The molecule has 0 aromatic rings. The van der Waals surface area contributed by atoms with Crippen molar-refractivity contribution in [2.75, 3.05) is 6.61 Å². The minimum atomic E-state index is -1.04. The van der Waals surface area contributed by atoms with Crippen LogP contribution in [0, 0.1) is 5.92 Å². The standard InChI is InChI=1S/C7H7ClN2O3/c1-2-13-7(12)4-3-5(8)9-10-6(4)11/h3-4H,2H2,1H3. The molecule has 0 radical (unpaired) electrons. The normalized spacial score (nSPS) is 21.2. The van der Waals surface area contributed by atoms with Gasteiger partial charge in [-0.2, -0.15) is 0 Å². The molecule has 1 rings (SSSR count). The number of hydrogen-bond donors (Lipinski definition) is 0. The van der Waals surface area contributed by atoms with E-state index in [1.165, 1.54) is 6.08 Å². The fraction of sp³-hybridized carbons (Fsp3) is 0.429. The number of nitrogens with zero attached hydrogens (tertiary/aromatic N) is 2. The third-order valence-electron chi connectivity index (χ3n) is 1.35. The molecule has 0 aromatic heterocycles. The Morgan fingerprint density at radius 2 is 2.38 bits per heavy atom. The number of hydrogen-bond acceptors (Lipinski definition) is 4. The zero-order valence-corrected chi connectivity index (χ0v) is 7.61. The molecular formula is C7H7ClN2O3. The Kier molecular flexibility index (Phi) is 3.13. The molecule has 0 N–H and O–H groups in total. The van der Waals surface area contributed by atoms with Crippen LogP contribution >= 0.6 is 11.6 Å². The second-order valence-corrected chi connectivity index (χ2v) is 2.64. The van der Waals surface area contributed by atoms with Crippen LogP contribution < -0.4 is 0 Å². The van der Waals surface area contributed by atoms with Gasteiger partial charge in [0, 0.05) is 0 Å². The maximum atomic E-state index is 11.1. The summed E-state index contributed by atoms with van der Waals surface area (Å²) in [4.78, 5) is 22.1. The van der Waals surface area contributed by atoms with Crippen molar-refractivity contribution in [3.63, 3.8) is 0 Å². The van der Waals surface area contributed by atoms with Crippen molar-refractivity contribution in [3.05, 3.63) is 11.2 Å². The summed E-state index contributed by atoms with van der Waals surface area (Å²) in [6.45, 7) is 1.86. The maximum Gasteiger partial charge on any atom is 0.322 e. The van der Waals surface area contributed by atoms with Crippen LogP contribution in [0.1, 0.15) is 6.92 Å². The van der Waals surface area contributed by atoms with Gasteiger partial charge in [-0.15, -0.1) is 10.2 Å². The van der Waals surface area contributed by atoms with Crippen LogP contribution in [-0.4, -0.2) is 18.5 Å². The highest BCUT2D eigenvalue weighted by Crippen LogP contribution is 2.18. The van der Waals surface area contributed by atoms with E-state index in [1.54, 1.807) is 6.92 Å². The molecule has 1 aliphatic heterocycles. The molecule has 5 nitrogen and oxygen atoms in total. The van der Waals surface area contributed by atoms with E-state index >= 15 is 0 Å². The van der Waals surface area contributed by atoms with Crippen molar-refractivity contribution in [3.8, 4) is 0 Å². The molecule has 0 spiro atoms. The average Bonchev–Trinajstić information content (AvgIpc) is 2.09. The molecular weight excluding hydrogens is 196 g/mol. The lowest BCUT2D eigenvalue weighted by molar-refractivity contribution is -0.149. The van der Waals surface area contributed by atoms with Crippen molar-refractivity contribution in [1.29, 1.82) is 0 Å². The van der Waals surface area contributed by atoms with E-state index < -0.39 is 17.8 Å². The van der Waals surface area contributed by atoms with E-state index in [0.717, 1.165) is 0 Å². The molecule has 70 valence electrons. The highest BCUT2D eigenvalue weighted by atomic mass is 35.5. The zero-order valence-electron chi connectivity index (χ0n) is 6.86. The molecule has 13 heavy (non-hydrogen) atoms. The van der Waals surface area contributed by atoms with E-state index in [0.29, 0.717) is 0 Å². The van der Waals surface area contributed by atoms with Crippen LogP contribution in [0.2, 0.25) is 0 Å². The van der Waals surface area contributed by atoms with Crippen molar-refractivity contribution in [2.45, 2.75) is 6.92 Å². The van der Waals surface area contributed by atoms with E-state index in [4.69, 9.17) is 11.6 Å². The minimum absolute atomic E-state index is 0.0256. The zero-order chi connectivity index (χ0) is 9.84. The van der Waals surface area contributed by atoms with Gasteiger partial charge in [0.15, 0.2) is 5.92 Å². The van der Waals surface area contributed by atoms with Crippen molar-refractivity contribution in [1.82, 2.24) is 0 Å². The van der Waals surface area contributed by atoms with Gasteiger partial charge in [-0.05, 0) is 13.0 Å². The highest BCUT2D eigenvalue weighted by molar-refractivity contribution is 6.30. The van der Waals surface area contributed by atoms with Gasteiger partial charge in [-0.1, -0.05) is 11.6 Å². The van der Waals surface area contributed by atoms with Crippen LogP contribution in [0.15, 0.2) is 21.5 Å². The van der Waals surface area contributed by atoms with Gasteiger partial charge in [0.1, 0.15) is 5.16 Å². The first kappa shape index (κ1) is 9.85. The van der Waals surface area contributed by atoms with Gasteiger partial charge in [0.2, 0.25) is 0 Å². The molecule has 0 fully saturated rings. The Morgan fingerprint density at radius 3 is 3.00 bits per heavy atom. The van der Waals surface area contributed by atoms with Crippen LogP contribution in [0.5, 0.6) is 0 Å². The van der Waals surface area contributed by atoms with Crippen LogP contribution in [0.25, 0.3) is 0 Å². The molecule has 1 atom stereocenters. The van der Waals surface area contributed by atoms with E-state index in [-0.39, 0.29) is 11.8 Å². The van der Waals surface area contributed by atoms with Crippen LogP contribution in [0.3, 0.4) is 0 Å². The second kappa shape index (κ2) is 4.13. The third kappa shape index (κ3) is 2.35. The summed E-state index contributed by atoms with van der Waals surface area (Å²) in [7, 11) is 0. The lowest BCUT2D eigenvalue weighted by Crippen LogP contribution is -2.24. The number of ether oxygens (including phenoxy) is 1. The van der Waals surface area contributed by atoms with Crippen molar-refractivity contribution >= 4 is 23.5 Å². The molecule has 0 saturated carbocycles. The fourth-order valence-corrected chi connectivity index (χ4v) is 0.966. The predicted molar refractivity (Wildman–Crippen MR) is 43.9 cm³/mol. The molecule has 6 heteroatoms. The molecule has 0 aromatic carbocycles. The topological polar surface area (TPSA) is 68.1 Å². The first-order valence-corrected chi connectivity index (χ1v) is 4.02. The number of carbonyl (C=O) groups excluding carboxylic acids is 2. The van der Waals surface area contributed by atoms with Crippen molar-refractivity contribution in [2.24, 2.45) is 16.1 Å². The summed E-state index contributed by atoms with van der Waals surface area (Å²) in [5, 5.41) is 6.50. The first-order valence-electron chi connectivity index (χ1n) is 3.64. The van der Waals surface area contributed by atoms with Gasteiger partial charge in [0.05, 0.1) is 6.61 Å². The van der Waals surface area contributed by atoms with Gasteiger partial charge >= 0.3 is 5.97 Å². The summed E-state index contributed by atoms with van der Waals surface area (Å²) < 4.78 is 4.64. The lowest BCUT2D eigenvalue weighted by Gasteiger charge is -2.09. The number of halogens is 1. The van der Waals surface area contributed by atoms with Crippen LogP contribution in [0.4, 0.5) is 0 Å². The Morgan fingerprint density at radius 1 is 1.69 bits per heavy atom. The number of carbonyl (C=O) groups is 2.